The number of hydrogen-bond acceptors (Lipinski definition) is 3. The van der Waals surface area contributed by atoms with Gasteiger partial charge in [0.1, 0.15) is 5.76 Å². The highest BCUT2D eigenvalue weighted by molar-refractivity contribution is 5.16. The zero-order chi connectivity index (χ0) is 12.1. The van der Waals surface area contributed by atoms with Gasteiger partial charge in [-0.25, -0.2) is 0 Å². The lowest BCUT2D eigenvalue weighted by Gasteiger charge is -2.20. The van der Waals surface area contributed by atoms with Gasteiger partial charge in [-0.3, -0.25) is 4.90 Å². The molecule has 17 heavy (non-hydrogen) atoms. The average Bonchev–Trinajstić information content (AvgIpc) is 2.92. The maximum Gasteiger partial charge on any atom is 0.122 e. The van der Waals surface area contributed by atoms with Crippen LogP contribution in [0.3, 0.4) is 0 Å². The molecule has 1 aromatic rings. The van der Waals surface area contributed by atoms with E-state index in [1.54, 1.807) is 6.26 Å². The van der Waals surface area contributed by atoms with Crippen LogP contribution in [-0.4, -0.2) is 25.5 Å². The fourth-order valence-electron chi connectivity index (χ4n) is 2.80. The zero-order valence-electron chi connectivity index (χ0n) is 11.0. The molecule has 0 spiro atoms. The van der Waals surface area contributed by atoms with Crippen molar-refractivity contribution in [1.29, 1.82) is 0 Å². The molecule has 1 saturated carbocycles. The molecule has 1 aliphatic rings. The summed E-state index contributed by atoms with van der Waals surface area (Å²) < 4.78 is 5.57. The molecule has 96 valence electrons. The normalized spacial score (nSPS) is 17.1. The number of rotatable bonds is 6. The van der Waals surface area contributed by atoms with Gasteiger partial charge in [0.2, 0.25) is 0 Å². The van der Waals surface area contributed by atoms with Gasteiger partial charge in [0, 0.05) is 18.7 Å². The Morgan fingerprint density at radius 1 is 1.41 bits per heavy atom. The van der Waals surface area contributed by atoms with Crippen LogP contribution in [0, 0.1) is 5.92 Å². The Kier molecular flexibility index (Phi) is 4.63. The van der Waals surface area contributed by atoms with Crippen molar-refractivity contribution in [3.63, 3.8) is 0 Å². The standard InChI is InChI=1S/C14H24N2O/c1-15-9-13-7-8-17-14(13)11-16(2)10-12-5-3-4-6-12/h7-8,12,15H,3-6,9-11H2,1-2H3. The fraction of sp³-hybridized carbons (Fsp3) is 0.714. The summed E-state index contributed by atoms with van der Waals surface area (Å²) in [6, 6.07) is 2.06. The average molecular weight is 236 g/mol. The molecule has 1 aliphatic carbocycles. The molecule has 0 unspecified atom stereocenters. The zero-order valence-corrected chi connectivity index (χ0v) is 11.0. The van der Waals surface area contributed by atoms with Gasteiger partial charge in [0.25, 0.3) is 0 Å². The molecule has 1 N–H and O–H groups in total. The van der Waals surface area contributed by atoms with Gasteiger partial charge >= 0.3 is 0 Å². The Morgan fingerprint density at radius 2 is 2.18 bits per heavy atom. The number of nitrogens with zero attached hydrogens (tertiary/aromatic N) is 1. The molecule has 3 nitrogen and oxygen atoms in total. The first-order valence-corrected chi connectivity index (χ1v) is 6.68. The van der Waals surface area contributed by atoms with Crippen LogP contribution in [0.2, 0.25) is 0 Å². The lowest BCUT2D eigenvalue weighted by molar-refractivity contribution is 0.250. The highest BCUT2D eigenvalue weighted by atomic mass is 16.3. The van der Waals surface area contributed by atoms with Gasteiger partial charge in [-0.15, -0.1) is 0 Å². The SMILES string of the molecule is CNCc1ccoc1CN(C)CC1CCCC1. The van der Waals surface area contributed by atoms with Crippen molar-refractivity contribution in [3.05, 3.63) is 23.7 Å². The summed E-state index contributed by atoms with van der Waals surface area (Å²) in [6.45, 7) is 3.03. The summed E-state index contributed by atoms with van der Waals surface area (Å²) >= 11 is 0. The van der Waals surface area contributed by atoms with Gasteiger partial charge in [-0.2, -0.15) is 0 Å². The smallest absolute Gasteiger partial charge is 0.122 e. The Hall–Kier alpha value is -0.800. The molecule has 0 saturated heterocycles. The van der Waals surface area contributed by atoms with Crippen LogP contribution in [0.25, 0.3) is 0 Å². The first kappa shape index (κ1) is 12.7. The molecule has 0 bridgehead atoms. The minimum absolute atomic E-state index is 0.892. The van der Waals surface area contributed by atoms with Crippen molar-refractivity contribution < 1.29 is 4.42 Å². The molecule has 1 heterocycles. The lowest BCUT2D eigenvalue weighted by atomic mass is 10.1. The molecule has 0 atom stereocenters. The van der Waals surface area contributed by atoms with Crippen LogP contribution in [0.15, 0.2) is 16.7 Å². The summed E-state index contributed by atoms with van der Waals surface area (Å²) in [7, 11) is 4.17. The van der Waals surface area contributed by atoms with E-state index in [2.05, 4.69) is 23.3 Å². The monoisotopic (exact) mass is 236 g/mol. The van der Waals surface area contributed by atoms with Gasteiger partial charge in [0.05, 0.1) is 12.8 Å². The van der Waals surface area contributed by atoms with E-state index < -0.39 is 0 Å². The molecular weight excluding hydrogens is 212 g/mol. The largest absolute Gasteiger partial charge is 0.468 e. The third-order valence-corrected chi connectivity index (χ3v) is 3.66. The van der Waals surface area contributed by atoms with E-state index in [1.165, 1.54) is 37.8 Å². The van der Waals surface area contributed by atoms with Gasteiger partial charge in [-0.1, -0.05) is 12.8 Å². The van der Waals surface area contributed by atoms with Crippen molar-refractivity contribution in [3.8, 4) is 0 Å². The topological polar surface area (TPSA) is 28.4 Å². The van der Waals surface area contributed by atoms with Crippen LogP contribution in [-0.2, 0) is 13.1 Å². The van der Waals surface area contributed by atoms with E-state index >= 15 is 0 Å². The number of nitrogens with one attached hydrogen (secondary N) is 1. The molecule has 1 aromatic heterocycles. The molecule has 1 fully saturated rings. The van der Waals surface area contributed by atoms with E-state index in [1.807, 2.05) is 7.05 Å². The summed E-state index contributed by atoms with van der Waals surface area (Å²) in [5.74, 6) is 2.02. The maximum absolute atomic E-state index is 5.57. The van der Waals surface area contributed by atoms with Crippen LogP contribution in [0.5, 0.6) is 0 Å². The van der Waals surface area contributed by atoms with Crippen LogP contribution in [0.1, 0.15) is 37.0 Å². The second-order valence-corrected chi connectivity index (χ2v) is 5.25. The van der Waals surface area contributed by atoms with E-state index in [-0.39, 0.29) is 0 Å². The van der Waals surface area contributed by atoms with Crippen LogP contribution < -0.4 is 5.32 Å². The predicted octanol–water partition coefficient (Wildman–Crippen LogP) is 2.62. The minimum atomic E-state index is 0.892. The van der Waals surface area contributed by atoms with Crippen LogP contribution in [0.4, 0.5) is 0 Å². The van der Waals surface area contributed by atoms with E-state index in [9.17, 15) is 0 Å². The first-order chi connectivity index (χ1) is 8.29. The van der Waals surface area contributed by atoms with Crippen molar-refractivity contribution in [2.24, 2.45) is 5.92 Å². The minimum Gasteiger partial charge on any atom is -0.468 e. The Balaban J connectivity index is 1.83. The maximum atomic E-state index is 5.57. The highest BCUT2D eigenvalue weighted by Crippen LogP contribution is 2.25. The Morgan fingerprint density at radius 3 is 2.88 bits per heavy atom. The van der Waals surface area contributed by atoms with E-state index in [0.717, 1.165) is 24.8 Å². The van der Waals surface area contributed by atoms with Crippen molar-refractivity contribution in [2.75, 3.05) is 20.6 Å². The molecule has 0 aliphatic heterocycles. The summed E-state index contributed by atoms with van der Waals surface area (Å²) in [5, 5.41) is 3.18. The molecule has 0 amide bonds. The number of furan rings is 1. The van der Waals surface area contributed by atoms with Gasteiger partial charge < -0.3 is 9.73 Å². The molecule has 0 aromatic carbocycles. The molecule has 2 rings (SSSR count). The number of hydrogen-bond donors (Lipinski definition) is 1. The van der Waals surface area contributed by atoms with Crippen LogP contribution >= 0.6 is 0 Å². The molecule has 3 heteroatoms. The van der Waals surface area contributed by atoms with E-state index in [4.69, 9.17) is 4.42 Å². The van der Waals surface area contributed by atoms with Gasteiger partial charge in [0.15, 0.2) is 0 Å². The highest BCUT2D eigenvalue weighted by Gasteiger charge is 2.18. The van der Waals surface area contributed by atoms with Crippen molar-refractivity contribution >= 4 is 0 Å². The van der Waals surface area contributed by atoms with Crippen molar-refractivity contribution in [1.82, 2.24) is 10.2 Å². The fourth-order valence-corrected chi connectivity index (χ4v) is 2.80. The second kappa shape index (κ2) is 6.22. The predicted molar refractivity (Wildman–Crippen MR) is 69.8 cm³/mol. The van der Waals surface area contributed by atoms with Gasteiger partial charge in [-0.05, 0) is 38.9 Å². The quantitative estimate of drug-likeness (QED) is 0.823. The second-order valence-electron chi connectivity index (χ2n) is 5.25. The summed E-state index contributed by atoms with van der Waals surface area (Å²) in [4.78, 5) is 2.40. The summed E-state index contributed by atoms with van der Waals surface area (Å²) in [5.41, 5.74) is 1.28. The Bertz CT molecular complexity index is 329. The molecular formula is C14H24N2O. The van der Waals surface area contributed by atoms with Crippen molar-refractivity contribution in [2.45, 2.75) is 38.8 Å². The first-order valence-electron chi connectivity index (χ1n) is 6.68. The lowest BCUT2D eigenvalue weighted by Crippen LogP contribution is -2.24. The van der Waals surface area contributed by atoms with E-state index in [0.29, 0.717) is 0 Å². The third kappa shape index (κ3) is 3.58. The third-order valence-electron chi connectivity index (χ3n) is 3.66. The molecule has 0 radical (unpaired) electrons. The summed E-state index contributed by atoms with van der Waals surface area (Å²) in [6.07, 6.45) is 7.46. The Labute approximate surface area is 104 Å².